The lowest BCUT2D eigenvalue weighted by atomic mass is 10.0. The van der Waals surface area contributed by atoms with Crippen molar-refractivity contribution in [3.8, 4) is 11.5 Å². The number of quaternary nitrogens is 1. The van der Waals surface area contributed by atoms with Crippen molar-refractivity contribution in [2.75, 3.05) is 20.8 Å². The number of aryl methyl sites for hydroxylation is 2. The minimum Gasteiger partial charge on any atom is -0.497 e. The van der Waals surface area contributed by atoms with Crippen molar-refractivity contribution < 1.29 is 18.8 Å². The Balaban J connectivity index is 1.71. The number of hydrogen-bond donors (Lipinski definition) is 1. The molecule has 1 aliphatic rings. The van der Waals surface area contributed by atoms with E-state index in [1.165, 1.54) is 16.0 Å². The molecule has 1 unspecified atom stereocenters. The third-order valence-corrected chi connectivity index (χ3v) is 6.16. The van der Waals surface area contributed by atoms with Gasteiger partial charge in [-0.25, -0.2) is 4.79 Å². The smallest absolute Gasteiger partial charge is 0.336 e. The molecule has 2 heterocycles. The summed E-state index contributed by atoms with van der Waals surface area (Å²) in [5.41, 5.74) is 4.97. The number of methoxy groups -OCH3 is 2. The molecule has 0 bridgehead atoms. The molecule has 2 atom stereocenters. The van der Waals surface area contributed by atoms with E-state index in [0.29, 0.717) is 11.6 Å². The van der Waals surface area contributed by atoms with Gasteiger partial charge in [-0.05, 0) is 49.2 Å². The minimum absolute atomic E-state index is 0.284. The summed E-state index contributed by atoms with van der Waals surface area (Å²) in [5, 5.41) is 1.03. The van der Waals surface area contributed by atoms with Gasteiger partial charge in [0.15, 0.2) is 0 Å². The van der Waals surface area contributed by atoms with Crippen LogP contribution < -0.4 is 20.0 Å². The Hall–Kier alpha value is -2.79. The molecule has 2 aromatic carbocycles. The molecule has 5 heteroatoms. The summed E-state index contributed by atoms with van der Waals surface area (Å²) in [4.78, 5) is 13.6. The van der Waals surface area contributed by atoms with Gasteiger partial charge >= 0.3 is 5.63 Å². The number of ether oxygens (including phenoxy) is 2. The Labute approximate surface area is 170 Å². The van der Waals surface area contributed by atoms with Gasteiger partial charge in [0.05, 0.1) is 26.3 Å². The Bertz CT molecular complexity index is 1100. The lowest BCUT2D eigenvalue weighted by molar-refractivity contribution is -0.931. The van der Waals surface area contributed by atoms with Crippen LogP contribution in [0, 0.1) is 13.8 Å². The van der Waals surface area contributed by atoms with Crippen LogP contribution in [-0.4, -0.2) is 20.8 Å². The summed E-state index contributed by atoms with van der Waals surface area (Å²) < 4.78 is 16.5. The average Bonchev–Trinajstić information content (AvgIpc) is 3.16. The van der Waals surface area contributed by atoms with Gasteiger partial charge < -0.3 is 18.8 Å². The molecule has 0 spiro atoms. The molecule has 4 rings (SSSR count). The lowest BCUT2D eigenvalue weighted by Gasteiger charge is -2.24. The number of rotatable bonds is 5. The molecule has 0 radical (unpaired) electrons. The van der Waals surface area contributed by atoms with Crippen LogP contribution in [0.5, 0.6) is 11.5 Å². The highest BCUT2D eigenvalue weighted by atomic mass is 16.5. The molecule has 1 aromatic heterocycles. The van der Waals surface area contributed by atoms with Gasteiger partial charge in [-0.15, -0.1) is 0 Å². The Kier molecular flexibility index (Phi) is 5.33. The molecule has 3 aromatic rings. The fraction of sp³-hybridized carbons (Fsp3) is 0.375. The molecular formula is C24H28NO4+. The zero-order chi connectivity index (χ0) is 20.5. The predicted octanol–water partition coefficient (Wildman–Crippen LogP) is 3.35. The molecule has 0 aliphatic carbocycles. The topological polar surface area (TPSA) is 53.1 Å². The van der Waals surface area contributed by atoms with E-state index in [4.69, 9.17) is 13.9 Å². The highest BCUT2D eigenvalue weighted by molar-refractivity contribution is 5.81. The van der Waals surface area contributed by atoms with Crippen LogP contribution in [0.1, 0.15) is 41.1 Å². The van der Waals surface area contributed by atoms with Gasteiger partial charge in [0, 0.05) is 35.9 Å². The van der Waals surface area contributed by atoms with E-state index in [1.807, 2.05) is 25.1 Å². The third-order valence-electron chi connectivity index (χ3n) is 6.16. The highest BCUT2D eigenvalue weighted by Crippen LogP contribution is 2.32. The zero-order valence-corrected chi connectivity index (χ0v) is 17.5. The number of likely N-dealkylation sites (tertiary alicyclic amines) is 1. The zero-order valence-electron chi connectivity index (χ0n) is 17.5. The summed E-state index contributed by atoms with van der Waals surface area (Å²) in [5.74, 6) is 1.65. The fourth-order valence-corrected chi connectivity index (χ4v) is 4.48. The maximum Gasteiger partial charge on any atom is 0.336 e. The maximum atomic E-state index is 12.2. The molecule has 1 N–H and O–H groups in total. The number of nitrogens with one attached hydrogen (secondary N) is 1. The second-order valence-corrected chi connectivity index (χ2v) is 7.91. The first-order valence-corrected chi connectivity index (χ1v) is 10.1. The number of fused-ring (bicyclic) bond motifs is 1. The van der Waals surface area contributed by atoms with Crippen molar-refractivity contribution >= 4 is 11.0 Å². The highest BCUT2D eigenvalue weighted by Gasteiger charge is 2.33. The SMILES string of the molecule is COc1ccc([C@H]2CCC[NH+]2Cc2cc(=O)oc3cc(C)c(C)cc23)c(OC)c1. The summed E-state index contributed by atoms with van der Waals surface area (Å²) in [6.07, 6.45) is 2.24. The molecule has 0 amide bonds. The Morgan fingerprint density at radius 3 is 2.62 bits per heavy atom. The van der Waals surface area contributed by atoms with E-state index in [1.54, 1.807) is 20.3 Å². The second kappa shape index (κ2) is 7.91. The van der Waals surface area contributed by atoms with Crippen molar-refractivity contribution in [1.82, 2.24) is 0 Å². The van der Waals surface area contributed by atoms with Gasteiger partial charge in [0.25, 0.3) is 0 Å². The van der Waals surface area contributed by atoms with Crippen LogP contribution in [0.4, 0.5) is 0 Å². The molecule has 1 saturated heterocycles. The molecule has 5 nitrogen and oxygen atoms in total. The monoisotopic (exact) mass is 394 g/mol. The first-order valence-electron chi connectivity index (χ1n) is 10.1. The van der Waals surface area contributed by atoms with Crippen LogP contribution in [-0.2, 0) is 6.54 Å². The predicted molar refractivity (Wildman–Crippen MR) is 113 cm³/mol. The van der Waals surface area contributed by atoms with Gasteiger partial charge in [-0.3, -0.25) is 0 Å². The quantitative estimate of drug-likeness (QED) is 0.675. The van der Waals surface area contributed by atoms with Crippen molar-refractivity contribution in [3.05, 3.63) is 69.1 Å². The van der Waals surface area contributed by atoms with E-state index < -0.39 is 0 Å². The van der Waals surface area contributed by atoms with Crippen molar-refractivity contribution in [2.45, 2.75) is 39.3 Å². The third kappa shape index (κ3) is 3.75. The van der Waals surface area contributed by atoms with Gasteiger partial charge in [0.1, 0.15) is 29.7 Å². The fourth-order valence-electron chi connectivity index (χ4n) is 4.48. The van der Waals surface area contributed by atoms with E-state index in [0.717, 1.165) is 53.9 Å². The van der Waals surface area contributed by atoms with Crippen molar-refractivity contribution in [1.29, 1.82) is 0 Å². The van der Waals surface area contributed by atoms with Crippen LogP contribution in [0.3, 0.4) is 0 Å². The molecular weight excluding hydrogens is 366 g/mol. The normalized spacial score (nSPS) is 18.9. The average molecular weight is 394 g/mol. The van der Waals surface area contributed by atoms with E-state index in [-0.39, 0.29) is 5.63 Å². The van der Waals surface area contributed by atoms with Crippen molar-refractivity contribution in [3.63, 3.8) is 0 Å². The summed E-state index contributed by atoms with van der Waals surface area (Å²) in [7, 11) is 3.37. The van der Waals surface area contributed by atoms with Crippen LogP contribution >= 0.6 is 0 Å². The second-order valence-electron chi connectivity index (χ2n) is 7.91. The van der Waals surface area contributed by atoms with E-state index >= 15 is 0 Å². The lowest BCUT2D eigenvalue weighted by Crippen LogP contribution is -3.08. The van der Waals surface area contributed by atoms with Crippen LogP contribution in [0.2, 0.25) is 0 Å². The number of hydrogen-bond acceptors (Lipinski definition) is 4. The van der Waals surface area contributed by atoms with Crippen LogP contribution in [0.25, 0.3) is 11.0 Å². The largest absolute Gasteiger partial charge is 0.497 e. The Morgan fingerprint density at radius 2 is 1.86 bits per heavy atom. The van der Waals surface area contributed by atoms with Gasteiger partial charge in [-0.1, -0.05) is 0 Å². The van der Waals surface area contributed by atoms with Gasteiger partial charge in [0.2, 0.25) is 0 Å². The maximum absolute atomic E-state index is 12.2. The molecule has 1 fully saturated rings. The van der Waals surface area contributed by atoms with E-state index in [2.05, 4.69) is 19.1 Å². The van der Waals surface area contributed by atoms with Crippen LogP contribution in [0.15, 0.2) is 45.6 Å². The molecule has 29 heavy (non-hydrogen) atoms. The number of benzene rings is 2. The minimum atomic E-state index is -0.284. The summed E-state index contributed by atoms with van der Waals surface area (Å²) >= 11 is 0. The Morgan fingerprint density at radius 1 is 1.07 bits per heavy atom. The van der Waals surface area contributed by atoms with Crippen molar-refractivity contribution in [2.24, 2.45) is 0 Å². The standard InChI is InChI=1S/C24H27NO4/c1-15-10-20-17(12-24(26)29-23(20)11-16(15)2)14-25-9-5-6-21(25)19-8-7-18(27-3)13-22(19)28-4/h7-8,10-13,21H,5-6,9,14H2,1-4H3/p+1/t21-/m1/s1. The molecule has 152 valence electrons. The molecule has 1 aliphatic heterocycles. The van der Waals surface area contributed by atoms with Gasteiger partial charge in [-0.2, -0.15) is 0 Å². The van der Waals surface area contributed by atoms with E-state index in [9.17, 15) is 4.79 Å². The first kappa shape index (κ1) is 19.5. The molecule has 0 saturated carbocycles. The first-order chi connectivity index (χ1) is 14.0. The summed E-state index contributed by atoms with van der Waals surface area (Å²) in [6.45, 7) is 5.98. The summed E-state index contributed by atoms with van der Waals surface area (Å²) in [6, 6.07) is 12.1.